The molecule has 0 spiro atoms. The minimum Gasteiger partial charge on any atom is -0.458 e. The lowest BCUT2D eigenvalue weighted by Gasteiger charge is -2.31. The Morgan fingerprint density at radius 2 is 1.45 bits per heavy atom. The third kappa shape index (κ3) is 8.47. The molecule has 6 rings (SSSR count). The van der Waals surface area contributed by atoms with E-state index in [-0.39, 0.29) is 13.0 Å². The lowest BCUT2D eigenvalue weighted by Crippen LogP contribution is -2.52. The van der Waals surface area contributed by atoms with E-state index in [1.807, 2.05) is 67.0 Å². The molecule has 0 radical (unpaired) electrons. The van der Waals surface area contributed by atoms with Gasteiger partial charge in [-0.2, -0.15) is 0 Å². The van der Waals surface area contributed by atoms with Gasteiger partial charge in [0, 0.05) is 29.9 Å². The first-order valence-corrected chi connectivity index (χ1v) is 17.9. The number of nitrogens with one attached hydrogen (secondary N) is 2. The molecule has 2 bridgehead atoms. The molecular weight excluding hydrogens is 640 g/mol. The van der Waals surface area contributed by atoms with Crippen LogP contribution in [0.15, 0.2) is 91.3 Å². The molecule has 266 valence electrons. The van der Waals surface area contributed by atoms with Gasteiger partial charge in [-0.15, -0.1) is 0 Å². The van der Waals surface area contributed by atoms with Gasteiger partial charge in [-0.05, 0) is 92.9 Å². The first-order valence-electron chi connectivity index (χ1n) is 17.9. The molecule has 4 aromatic rings. The lowest BCUT2D eigenvalue weighted by atomic mass is 9.73. The summed E-state index contributed by atoms with van der Waals surface area (Å²) in [5, 5.41) is 5.35. The molecule has 1 aromatic heterocycles. The predicted molar refractivity (Wildman–Crippen MR) is 196 cm³/mol. The van der Waals surface area contributed by atoms with Crippen LogP contribution in [-0.2, 0) is 37.5 Å². The van der Waals surface area contributed by atoms with Crippen LogP contribution >= 0.6 is 0 Å². The molecule has 2 amide bonds. The number of esters is 1. The molecule has 0 saturated heterocycles. The minimum atomic E-state index is -1.02. The quantitative estimate of drug-likeness (QED) is 0.156. The van der Waals surface area contributed by atoms with Crippen molar-refractivity contribution in [1.82, 2.24) is 20.6 Å². The van der Waals surface area contributed by atoms with Gasteiger partial charge in [-0.3, -0.25) is 4.79 Å². The van der Waals surface area contributed by atoms with Crippen molar-refractivity contribution in [3.63, 3.8) is 0 Å². The number of ether oxygens (including phenoxy) is 2. The second-order valence-corrected chi connectivity index (χ2v) is 15.1. The summed E-state index contributed by atoms with van der Waals surface area (Å²) in [6.45, 7) is 9.30. The predicted octanol–water partition coefficient (Wildman–Crippen LogP) is 7.57. The Bertz CT molecular complexity index is 1810. The highest BCUT2D eigenvalue weighted by atomic mass is 16.6. The summed E-state index contributed by atoms with van der Waals surface area (Å²) in [5.41, 5.74) is 5.58. The normalized spacial score (nSPS) is 20.6. The number of nitrogens with zero attached hydrogens (tertiary/aromatic N) is 2. The van der Waals surface area contributed by atoms with Crippen LogP contribution in [0.1, 0.15) is 77.0 Å². The number of hydrogen-bond acceptors (Lipinski definition) is 7. The van der Waals surface area contributed by atoms with Crippen LogP contribution in [0.25, 0.3) is 22.5 Å². The van der Waals surface area contributed by atoms with E-state index in [0.717, 1.165) is 39.7 Å². The third-order valence-electron chi connectivity index (χ3n) is 10.5. The highest BCUT2D eigenvalue weighted by Crippen LogP contribution is 2.59. The van der Waals surface area contributed by atoms with Crippen molar-refractivity contribution in [2.45, 2.75) is 96.4 Å². The monoisotopic (exact) mass is 688 g/mol. The van der Waals surface area contributed by atoms with E-state index in [1.54, 1.807) is 27.7 Å². The number of carbonyl (C=O) groups is 3. The molecule has 51 heavy (non-hydrogen) atoms. The largest absolute Gasteiger partial charge is 0.458 e. The first kappa shape index (κ1) is 35.8. The molecule has 2 aliphatic rings. The number of benzene rings is 3. The fraction of sp³-hybridized carbons (Fsp3) is 0.405. The number of carbonyl (C=O) groups excluding carboxylic acids is 3. The summed E-state index contributed by atoms with van der Waals surface area (Å²) < 4.78 is 10.8. The van der Waals surface area contributed by atoms with Crippen LogP contribution in [0.3, 0.4) is 0 Å². The topological polar surface area (TPSA) is 120 Å². The Morgan fingerprint density at radius 1 is 0.824 bits per heavy atom. The smallest absolute Gasteiger partial charge is 0.408 e. The second kappa shape index (κ2) is 15.1. The van der Waals surface area contributed by atoms with Crippen LogP contribution in [0.2, 0.25) is 0 Å². The number of alkyl carbamates (subject to hydrolysis) is 1. The number of amides is 2. The molecule has 2 N–H and O–H groups in total. The fourth-order valence-electron chi connectivity index (χ4n) is 7.64. The third-order valence-corrected chi connectivity index (χ3v) is 10.5. The van der Waals surface area contributed by atoms with Crippen molar-refractivity contribution >= 4 is 18.0 Å². The molecular formula is C42H48N4O5. The molecule has 3 aromatic carbocycles. The Hall–Kier alpha value is -5.05. The zero-order valence-corrected chi connectivity index (χ0v) is 30.1. The molecule has 2 fully saturated rings. The second-order valence-electron chi connectivity index (χ2n) is 15.1. The average molecular weight is 689 g/mol. The van der Waals surface area contributed by atoms with Gasteiger partial charge < -0.3 is 20.1 Å². The Kier molecular flexibility index (Phi) is 10.6. The number of rotatable bonds is 11. The molecule has 1 unspecified atom stereocenters. The number of aromatic nitrogens is 2. The van der Waals surface area contributed by atoms with Crippen molar-refractivity contribution in [2.24, 2.45) is 11.8 Å². The maximum atomic E-state index is 13.4. The first-order chi connectivity index (χ1) is 24.4. The molecule has 9 nitrogen and oxygen atoms in total. The fourth-order valence-corrected chi connectivity index (χ4v) is 7.64. The lowest BCUT2D eigenvalue weighted by molar-refractivity contribution is -0.158. The maximum Gasteiger partial charge on any atom is 0.408 e. The highest BCUT2D eigenvalue weighted by molar-refractivity contribution is 5.89. The van der Waals surface area contributed by atoms with Crippen molar-refractivity contribution in [2.75, 3.05) is 0 Å². The van der Waals surface area contributed by atoms with Gasteiger partial charge in [0.05, 0.1) is 0 Å². The van der Waals surface area contributed by atoms with Crippen LogP contribution in [0.5, 0.6) is 0 Å². The SMILES string of the molecule is CC1[C@H]2CC[C@@]1(c1ccc(-c3cnc(-c4ccc(C[C@H](NC(=O)OCc5ccccc5)C(=O)N[C@H](C)C(=O)OC(C)(C)C)cc4)nc3)cc1)CC2. The van der Waals surface area contributed by atoms with E-state index < -0.39 is 35.7 Å². The average Bonchev–Trinajstić information content (AvgIpc) is 3.62. The Balaban J connectivity index is 1.11. The molecule has 9 heteroatoms. The van der Waals surface area contributed by atoms with E-state index in [0.29, 0.717) is 11.2 Å². The van der Waals surface area contributed by atoms with Gasteiger partial charge in [-0.25, -0.2) is 19.6 Å². The molecule has 0 aliphatic heterocycles. The van der Waals surface area contributed by atoms with Gasteiger partial charge >= 0.3 is 12.1 Å². The van der Waals surface area contributed by atoms with Crippen molar-refractivity contribution < 1.29 is 23.9 Å². The van der Waals surface area contributed by atoms with Gasteiger partial charge in [0.15, 0.2) is 5.82 Å². The molecule has 1 heterocycles. The van der Waals surface area contributed by atoms with Gasteiger partial charge in [0.1, 0.15) is 24.3 Å². The standard InChI is InChI=1S/C42H48N4O5/c1-27-31-19-21-42(27,22-20-31)35-17-15-32(16-18-35)34-24-43-37(44-25-34)33-13-11-29(12-14-33)23-36(38(47)45-28(2)39(48)51-41(3,4)5)46-40(49)50-26-30-9-7-6-8-10-30/h6-18,24-25,27-28,31,36H,19-23,26H2,1-5H3,(H,45,47)(H,46,49)/t27?,28-,31-,36+,42+/m1/s1. The Labute approximate surface area is 300 Å². The van der Waals surface area contributed by atoms with Crippen molar-refractivity contribution in [1.29, 1.82) is 0 Å². The van der Waals surface area contributed by atoms with Gasteiger partial charge in [-0.1, -0.05) is 85.8 Å². The maximum absolute atomic E-state index is 13.4. The Morgan fingerprint density at radius 3 is 2.04 bits per heavy atom. The summed E-state index contributed by atoms with van der Waals surface area (Å²) in [4.78, 5) is 48.1. The van der Waals surface area contributed by atoms with E-state index in [2.05, 4.69) is 51.8 Å². The zero-order chi connectivity index (χ0) is 36.2. The summed E-state index contributed by atoms with van der Waals surface area (Å²) >= 11 is 0. The zero-order valence-electron chi connectivity index (χ0n) is 30.1. The molecule has 2 saturated carbocycles. The van der Waals surface area contributed by atoms with Crippen LogP contribution in [-0.4, -0.2) is 45.6 Å². The van der Waals surface area contributed by atoms with Crippen molar-refractivity contribution in [3.05, 3.63) is 108 Å². The highest BCUT2D eigenvalue weighted by Gasteiger charge is 2.51. The van der Waals surface area contributed by atoms with Crippen LogP contribution in [0.4, 0.5) is 4.79 Å². The van der Waals surface area contributed by atoms with E-state index in [1.165, 1.54) is 31.2 Å². The van der Waals surface area contributed by atoms with Crippen LogP contribution < -0.4 is 10.6 Å². The van der Waals surface area contributed by atoms with E-state index in [4.69, 9.17) is 9.47 Å². The number of hydrogen-bond donors (Lipinski definition) is 2. The molecule has 2 aliphatic carbocycles. The summed E-state index contributed by atoms with van der Waals surface area (Å²) in [5.74, 6) is 1.11. The minimum absolute atomic E-state index is 0.0501. The summed E-state index contributed by atoms with van der Waals surface area (Å²) in [7, 11) is 0. The molecule has 3 atom stereocenters. The van der Waals surface area contributed by atoms with E-state index >= 15 is 0 Å². The van der Waals surface area contributed by atoms with Gasteiger partial charge in [0.2, 0.25) is 5.91 Å². The van der Waals surface area contributed by atoms with Gasteiger partial charge in [0.25, 0.3) is 0 Å². The van der Waals surface area contributed by atoms with E-state index in [9.17, 15) is 14.4 Å². The number of fused-ring (bicyclic) bond motifs is 2. The van der Waals surface area contributed by atoms with Crippen molar-refractivity contribution in [3.8, 4) is 22.5 Å². The van der Waals surface area contributed by atoms with Crippen LogP contribution in [0, 0.1) is 11.8 Å². The summed E-state index contributed by atoms with van der Waals surface area (Å²) in [6.07, 6.45) is 8.42. The summed E-state index contributed by atoms with van der Waals surface area (Å²) in [6, 6.07) is 23.8.